The molecule has 0 bridgehead atoms. The molecule has 118 valence electrons. The Morgan fingerprint density at radius 1 is 1.04 bits per heavy atom. The molecule has 3 rings (SSSR count). The molecule has 2 heterocycles. The van der Waals surface area contributed by atoms with Crippen LogP contribution in [0.5, 0.6) is 5.88 Å². The minimum atomic E-state index is 0. The molecule has 0 saturated carbocycles. The highest BCUT2D eigenvalue weighted by molar-refractivity contribution is 5.61. The average Bonchev–Trinajstić information content (AvgIpc) is 2.56. The third-order valence-electron chi connectivity index (χ3n) is 3.65. The maximum Gasteiger partial charge on any atom is 0.370 e. The lowest BCUT2D eigenvalue weighted by molar-refractivity contribution is -0.692. The fourth-order valence-corrected chi connectivity index (χ4v) is 2.65. The normalized spacial score (nSPS) is 10.0. The monoisotopic (exact) mass is 370 g/mol. The first-order valence-corrected chi connectivity index (χ1v) is 7.30. The molecular weight excluding hydrogens is 352 g/mol. The zero-order chi connectivity index (χ0) is 15.4. The van der Waals surface area contributed by atoms with Crippen LogP contribution in [0.15, 0.2) is 67.1 Å². The van der Waals surface area contributed by atoms with E-state index in [1.165, 1.54) is 5.56 Å². The number of aromatic nitrogens is 2. The lowest BCUT2D eigenvalue weighted by Gasteiger charge is -2.08. The Labute approximate surface area is 147 Å². The molecule has 3 aromatic rings. The van der Waals surface area contributed by atoms with Gasteiger partial charge < -0.3 is 21.7 Å². The van der Waals surface area contributed by atoms with Gasteiger partial charge >= 0.3 is 5.88 Å². The van der Waals surface area contributed by atoms with E-state index in [1.54, 1.807) is 13.3 Å². The molecule has 0 saturated heterocycles. The molecule has 0 spiro atoms. The number of benzene rings is 1. The highest BCUT2D eigenvalue weighted by Crippen LogP contribution is 2.22. The van der Waals surface area contributed by atoms with E-state index in [-0.39, 0.29) is 17.0 Å². The van der Waals surface area contributed by atoms with Gasteiger partial charge in [-0.25, -0.2) is 0 Å². The molecular formula is C19H19BrN2O. The number of hydrogen-bond acceptors (Lipinski definition) is 2. The van der Waals surface area contributed by atoms with E-state index < -0.39 is 0 Å². The van der Waals surface area contributed by atoms with Crippen molar-refractivity contribution in [3.63, 3.8) is 0 Å². The third kappa shape index (κ3) is 3.96. The zero-order valence-corrected chi connectivity index (χ0v) is 14.8. The molecule has 2 aromatic heterocycles. The maximum atomic E-state index is 5.59. The van der Waals surface area contributed by atoms with Crippen molar-refractivity contribution in [2.45, 2.75) is 13.5 Å². The lowest BCUT2D eigenvalue weighted by atomic mass is 10.1. The molecule has 4 heteroatoms. The van der Waals surface area contributed by atoms with Crippen LogP contribution < -0.4 is 26.3 Å². The lowest BCUT2D eigenvalue weighted by Crippen LogP contribution is -3.00. The number of halogens is 1. The Balaban J connectivity index is 0.00000192. The molecule has 0 amide bonds. The van der Waals surface area contributed by atoms with Crippen molar-refractivity contribution >= 4 is 0 Å². The predicted molar refractivity (Wildman–Crippen MR) is 86.7 cm³/mol. The quantitative estimate of drug-likeness (QED) is 0.621. The Morgan fingerprint density at radius 2 is 1.83 bits per heavy atom. The molecule has 23 heavy (non-hydrogen) atoms. The van der Waals surface area contributed by atoms with Gasteiger partial charge in [-0.3, -0.25) is 4.98 Å². The second-order valence-corrected chi connectivity index (χ2v) is 5.28. The van der Waals surface area contributed by atoms with Gasteiger partial charge in [0.2, 0.25) is 0 Å². The average molecular weight is 371 g/mol. The largest absolute Gasteiger partial charge is 1.00 e. The molecule has 0 aliphatic carbocycles. The molecule has 0 N–H and O–H groups in total. The summed E-state index contributed by atoms with van der Waals surface area (Å²) in [7, 11) is 1.72. The van der Waals surface area contributed by atoms with E-state index >= 15 is 0 Å². The van der Waals surface area contributed by atoms with Gasteiger partial charge in [0.15, 0.2) is 12.7 Å². The number of methoxy groups -OCH3 is 1. The fraction of sp³-hybridized carbons (Fsp3) is 0.158. The first kappa shape index (κ1) is 17.2. The summed E-state index contributed by atoms with van der Waals surface area (Å²) in [5.74, 6) is 0.886. The van der Waals surface area contributed by atoms with Gasteiger partial charge in [-0.1, -0.05) is 36.4 Å². The molecule has 0 aliphatic heterocycles. The van der Waals surface area contributed by atoms with Crippen molar-refractivity contribution in [3.05, 3.63) is 78.2 Å². The van der Waals surface area contributed by atoms with E-state index in [2.05, 4.69) is 59.1 Å². The van der Waals surface area contributed by atoms with E-state index in [0.29, 0.717) is 0 Å². The molecule has 1 aromatic carbocycles. The number of aryl methyl sites for hydroxylation is 1. The molecule has 0 unspecified atom stereocenters. The molecule has 0 atom stereocenters. The van der Waals surface area contributed by atoms with Crippen LogP contribution >= 0.6 is 0 Å². The van der Waals surface area contributed by atoms with Crippen LogP contribution in [0.4, 0.5) is 0 Å². The van der Waals surface area contributed by atoms with E-state index in [4.69, 9.17) is 4.74 Å². The fourth-order valence-electron chi connectivity index (χ4n) is 2.65. The first-order chi connectivity index (χ1) is 10.8. The molecule has 3 nitrogen and oxygen atoms in total. The standard InChI is InChI=1S/C19H19N2O.BrH/c1-15-11-18(17-9-6-10-20-12-17)14-21(19(15)22-2)13-16-7-4-3-5-8-16;/h3-12,14H,13H2,1-2H3;1H/q+1;/p-1. The van der Waals surface area contributed by atoms with Crippen LogP contribution in [0.25, 0.3) is 11.1 Å². The maximum absolute atomic E-state index is 5.59. The van der Waals surface area contributed by atoms with Crippen LogP contribution in [-0.2, 0) is 6.54 Å². The Bertz CT molecular complexity index is 761. The van der Waals surface area contributed by atoms with Gasteiger partial charge in [0.25, 0.3) is 0 Å². The van der Waals surface area contributed by atoms with Gasteiger partial charge in [-0.2, -0.15) is 4.57 Å². The van der Waals surface area contributed by atoms with Crippen molar-refractivity contribution in [2.24, 2.45) is 0 Å². The van der Waals surface area contributed by atoms with E-state index in [0.717, 1.165) is 29.1 Å². The summed E-state index contributed by atoms with van der Waals surface area (Å²) < 4.78 is 7.73. The second kappa shape index (κ2) is 7.88. The van der Waals surface area contributed by atoms with Crippen LogP contribution in [0, 0.1) is 6.92 Å². The highest BCUT2D eigenvalue weighted by Gasteiger charge is 2.18. The van der Waals surface area contributed by atoms with Crippen LogP contribution in [0.2, 0.25) is 0 Å². The van der Waals surface area contributed by atoms with Crippen molar-refractivity contribution < 1.29 is 26.3 Å². The smallest absolute Gasteiger partial charge is 0.370 e. The highest BCUT2D eigenvalue weighted by atomic mass is 79.9. The van der Waals surface area contributed by atoms with Gasteiger partial charge in [-0.05, 0) is 19.1 Å². The van der Waals surface area contributed by atoms with Crippen molar-refractivity contribution in [1.29, 1.82) is 0 Å². The van der Waals surface area contributed by atoms with Gasteiger partial charge in [-0.15, -0.1) is 0 Å². The van der Waals surface area contributed by atoms with Crippen LogP contribution in [0.1, 0.15) is 11.1 Å². The number of pyridine rings is 2. The number of hydrogen-bond donors (Lipinski definition) is 0. The molecule has 0 aliphatic rings. The van der Waals surface area contributed by atoms with Gasteiger partial charge in [0, 0.05) is 29.1 Å². The minimum absolute atomic E-state index is 0. The minimum Gasteiger partial charge on any atom is -1.00 e. The van der Waals surface area contributed by atoms with Crippen LogP contribution in [0.3, 0.4) is 0 Å². The van der Waals surface area contributed by atoms with Crippen molar-refractivity contribution in [1.82, 2.24) is 4.98 Å². The van der Waals surface area contributed by atoms with Gasteiger partial charge in [0.05, 0.1) is 12.7 Å². The van der Waals surface area contributed by atoms with Gasteiger partial charge in [0.1, 0.15) is 0 Å². The number of ether oxygens (including phenoxy) is 1. The summed E-state index contributed by atoms with van der Waals surface area (Å²) in [5.41, 5.74) is 4.60. The SMILES string of the molecule is COc1c(C)cc(-c2cccnc2)c[n+]1Cc1ccccc1.[Br-]. The first-order valence-electron chi connectivity index (χ1n) is 7.30. The molecule has 0 radical (unpaired) electrons. The van der Waals surface area contributed by atoms with Crippen LogP contribution in [-0.4, -0.2) is 12.1 Å². The van der Waals surface area contributed by atoms with Crippen molar-refractivity contribution in [2.75, 3.05) is 7.11 Å². The zero-order valence-electron chi connectivity index (χ0n) is 13.2. The Kier molecular flexibility index (Phi) is 5.88. The number of rotatable bonds is 4. The summed E-state index contributed by atoms with van der Waals surface area (Å²) in [5, 5.41) is 0. The summed E-state index contributed by atoms with van der Waals surface area (Å²) in [6, 6.07) is 16.6. The summed E-state index contributed by atoms with van der Waals surface area (Å²) in [4.78, 5) is 4.21. The molecule has 0 fully saturated rings. The number of nitrogens with zero attached hydrogens (tertiary/aromatic N) is 2. The van der Waals surface area contributed by atoms with E-state index in [9.17, 15) is 0 Å². The Hall–Kier alpha value is -2.20. The third-order valence-corrected chi connectivity index (χ3v) is 3.65. The summed E-state index contributed by atoms with van der Waals surface area (Å²) in [6.07, 6.45) is 5.79. The predicted octanol–water partition coefficient (Wildman–Crippen LogP) is 0.405. The summed E-state index contributed by atoms with van der Waals surface area (Å²) >= 11 is 0. The Morgan fingerprint density at radius 3 is 2.48 bits per heavy atom. The summed E-state index contributed by atoms with van der Waals surface area (Å²) in [6.45, 7) is 2.85. The second-order valence-electron chi connectivity index (χ2n) is 5.28. The van der Waals surface area contributed by atoms with E-state index in [1.807, 2.05) is 18.3 Å². The van der Waals surface area contributed by atoms with Crippen molar-refractivity contribution in [3.8, 4) is 17.0 Å². The topological polar surface area (TPSA) is 26.0 Å².